The molecule has 0 aliphatic heterocycles. The molecule has 1 aliphatic rings. The van der Waals surface area contributed by atoms with Crippen LogP contribution in [0.1, 0.15) is 51.4 Å². The maximum atomic E-state index is 14.4. The summed E-state index contributed by atoms with van der Waals surface area (Å²) in [5.41, 5.74) is 6.62. The number of nitrogens with zero attached hydrogens (tertiary/aromatic N) is 5. The summed E-state index contributed by atoms with van der Waals surface area (Å²) >= 11 is 0. The van der Waals surface area contributed by atoms with Crippen molar-refractivity contribution in [1.29, 1.82) is 0 Å². The Morgan fingerprint density at radius 2 is 1.70 bits per heavy atom. The topological polar surface area (TPSA) is 65.7 Å². The third-order valence-corrected chi connectivity index (χ3v) is 7.37. The Bertz CT molecular complexity index is 1840. The van der Waals surface area contributed by atoms with E-state index in [9.17, 15) is 4.39 Å². The second-order valence-corrected chi connectivity index (χ2v) is 11.4. The van der Waals surface area contributed by atoms with E-state index >= 15 is 0 Å². The standard InChI is InChI=1S/C18H13FN.C15H15N4.Ir/c1-18(2)13-7-3-5-11-9-10-20-17(15(11)13)12-6-4-8-14(19)16(12)18;1-15(2,3)13-8-12(18-19-13)14-10-6-4-5-7-11(10)16-9-17-14;/h3-5,7-10H,1-2H3;4-9H,1-3H3;/q2*-1;. The minimum Gasteiger partial charge on any atom is -0.573 e. The van der Waals surface area contributed by atoms with Crippen molar-refractivity contribution in [2.24, 2.45) is 0 Å². The molecule has 0 unspecified atom stereocenters. The average Bonchev–Trinajstić information content (AvgIpc) is 3.43. The van der Waals surface area contributed by atoms with Gasteiger partial charge in [0.25, 0.3) is 0 Å². The summed E-state index contributed by atoms with van der Waals surface area (Å²) in [5, 5.41) is 11.8. The van der Waals surface area contributed by atoms with Gasteiger partial charge in [-0.2, -0.15) is 0 Å². The van der Waals surface area contributed by atoms with E-state index in [1.165, 1.54) is 6.07 Å². The third-order valence-electron chi connectivity index (χ3n) is 7.37. The normalized spacial score (nSPS) is 13.2. The number of hydrogen-bond donors (Lipinski definition) is 0. The molecule has 3 aromatic carbocycles. The molecule has 0 spiro atoms. The first-order valence-corrected chi connectivity index (χ1v) is 13.0. The van der Waals surface area contributed by atoms with Crippen LogP contribution in [0.5, 0.6) is 0 Å². The van der Waals surface area contributed by atoms with Crippen molar-refractivity contribution >= 4 is 21.7 Å². The summed E-state index contributed by atoms with van der Waals surface area (Å²) in [5.74, 6) is -0.183. The fourth-order valence-electron chi connectivity index (χ4n) is 5.33. The van der Waals surface area contributed by atoms with Gasteiger partial charge in [0.15, 0.2) is 0 Å². The molecule has 40 heavy (non-hydrogen) atoms. The summed E-state index contributed by atoms with van der Waals surface area (Å²) in [4.78, 5) is 13.1. The molecule has 7 rings (SSSR count). The van der Waals surface area contributed by atoms with E-state index < -0.39 is 0 Å². The van der Waals surface area contributed by atoms with Crippen LogP contribution in [0.15, 0.2) is 79.3 Å². The second kappa shape index (κ2) is 10.3. The van der Waals surface area contributed by atoms with E-state index in [-0.39, 0.29) is 36.8 Å². The summed E-state index contributed by atoms with van der Waals surface area (Å²) in [6.07, 6.45) is 3.35. The number of fused-ring (bicyclic) bond motifs is 3. The molecule has 3 heterocycles. The average molecular weight is 706 g/mol. The molecule has 0 atom stereocenters. The number of halogens is 1. The van der Waals surface area contributed by atoms with Gasteiger partial charge >= 0.3 is 0 Å². The van der Waals surface area contributed by atoms with Crippen molar-refractivity contribution < 1.29 is 24.5 Å². The summed E-state index contributed by atoms with van der Waals surface area (Å²) in [7, 11) is 0. The first kappa shape index (κ1) is 27.8. The predicted octanol–water partition coefficient (Wildman–Crippen LogP) is 7.42. The third kappa shape index (κ3) is 4.63. The SMILES string of the molecule is CC(C)(C)c1cc(-c2ncnc3ccccc23)[n-]n1.CC1(C)c2c([c-]ccc2F)-c2nccc3cccc1c23.[Ir]. The van der Waals surface area contributed by atoms with E-state index in [1.54, 1.807) is 18.6 Å². The summed E-state index contributed by atoms with van der Waals surface area (Å²) < 4.78 is 14.4. The minimum absolute atomic E-state index is 0. The van der Waals surface area contributed by atoms with Crippen molar-refractivity contribution in [2.75, 3.05) is 0 Å². The van der Waals surface area contributed by atoms with Crippen LogP contribution in [0.3, 0.4) is 0 Å². The zero-order valence-electron chi connectivity index (χ0n) is 23.0. The molecular weight excluding hydrogens is 678 g/mol. The van der Waals surface area contributed by atoms with Crippen LogP contribution in [0.4, 0.5) is 4.39 Å². The van der Waals surface area contributed by atoms with E-state index in [0.717, 1.165) is 55.6 Å². The quantitative estimate of drug-likeness (QED) is 0.167. The second-order valence-electron chi connectivity index (χ2n) is 11.4. The van der Waals surface area contributed by atoms with Gasteiger partial charge in [-0.05, 0) is 39.6 Å². The van der Waals surface area contributed by atoms with Crippen molar-refractivity contribution in [3.63, 3.8) is 0 Å². The van der Waals surface area contributed by atoms with Crippen LogP contribution in [-0.4, -0.2) is 20.1 Å². The van der Waals surface area contributed by atoms with Crippen LogP contribution in [0.25, 0.3) is 44.3 Å². The van der Waals surface area contributed by atoms with Crippen molar-refractivity contribution in [3.8, 4) is 22.6 Å². The number of aromatic nitrogens is 5. The Balaban J connectivity index is 0.000000158. The Hall–Kier alpha value is -3.80. The monoisotopic (exact) mass is 706 g/mol. The van der Waals surface area contributed by atoms with Crippen molar-refractivity contribution in [3.05, 3.63) is 108 Å². The molecule has 0 N–H and O–H groups in total. The Morgan fingerprint density at radius 3 is 2.48 bits per heavy atom. The van der Waals surface area contributed by atoms with Gasteiger partial charge in [-0.3, -0.25) is 0 Å². The maximum absolute atomic E-state index is 14.4. The van der Waals surface area contributed by atoms with Gasteiger partial charge in [0.05, 0.1) is 11.2 Å². The molecular formula is C33H28FIrN5-2. The number of pyridine rings is 1. The van der Waals surface area contributed by atoms with Crippen LogP contribution in [0, 0.1) is 11.9 Å². The smallest absolute Gasteiger partial charge is 0.116 e. The van der Waals surface area contributed by atoms with Crippen molar-refractivity contribution in [1.82, 2.24) is 25.1 Å². The Labute approximate surface area is 246 Å². The fourth-order valence-corrected chi connectivity index (χ4v) is 5.33. The van der Waals surface area contributed by atoms with Gasteiger partial charge in [-0.1, -0.05) is 88.3 Å². The van der Waals surface area contributed by atoms with Gasteiger partial charge in [-0.25, -0.2) is 14.4 Å². The molecule has 1 radical (unpaired) electrons. The summed E-state index contributed by atoms with van der Waals surface area (Å²) in [6, 6.07) is 24.4. The summed E-state index contributed by atoms with van der Waals surface area (Å²) in [6.45, 7) is 10.5. The van der Waals surface area contributed by atoms with Gasteiger partial charge < -0.3 is 15.2 Å². The van der Waals surface area contributed by atoms with E-state index in [4.69, 9.17) is 0 Å². The first-order chi connectivity index (χ1) is 18.7. The molecule has 6 aromatic rings. The van der Waals surface area contributed by atoms with E-state index in [2.05, 4.69) is 78.0 Å². The molecule has 7 heteroatoms. The predicted molar refractivity (Wildman–Crippen MR) is 153 cm³/mol. The van der Waals surface area contributed by atoms with Gasteiger partial charge in [-0.15, -0.1) is 23.8 Å². The van der Waals surface area contributed by atoms with E-state index in [1.807, 2.05) is 42.5 Å². The molecule has 203 valence electrons. The van der Waals surface area contributed by atoms with Crippen molar-refractivity contribution in [2.45, 2.75) is 45.4 Å². The number of para-hydroxylation sites is 1. The molecule has 0 amide bonds. The molecule has 1 aliphatic carbocycles. The van der Waals surface area contributed by atoms with Gasteiger partial charge in [0, 0.05) is 48.6 Å². The maximum Gasteiger partial charge on any atom is 0.116 e. The first-order valence-electron chi connectivity index (χ1n) is 13.0. The van der Waals surface area contributed by atoms with Gasteiger partial charge in [0.1, 0.15) is 6.33 Å². The number of rotatable bonds is 1. The minimum atomic E-state index is -0.382. The molecule has 5 nitrogen and oxygen atoms in total. The molecule has 0 saturated carbocycles. The largest absolute Gasteiger partial charge is 0.573 e. The fraction of sp³-hybridized carbons (Fsp3) is 0.212. The number of benzene rings is 3. The van der Waals surface area contributed by atoms with Crippen LogP contribution >= 0.6 is 0 Å². The zero-order valence-corrected chi connectivity index (χ0v) is 25.3. The zero-order chi connectivity index (χ0) is 27.4. The van der Waals surface area contributed by atoms with E-state index in [0.29, 0.717) is 5.56 Å². The van der Waals surface area contributed by atoms with Gasteiger partial charge in [0.2, 0.25) is 0 Å². The van der Waals surface area contributed by atoms with Crippen LogP contribution in [0.2, 0.25) is 0 Å². The molecule has 3 aromatic heterocycles. The van der Waals surface area contributed by atoms with Crippen LogP contribution in [-0.2, 0) is 30.9 Å². The molecule has 0 saturated heterocycles. The number of hydrogen-bond acceptors (Lipinski definition) is 4. The molecule has 0 bridgehead atoms. The Kier molecular flexibility index (Phi) is 7.15. The van der Waals surface area contributed by atoms with Crippen LogP contribution < -0.4 is 5.10 Å². The molecule has 0 fully saturated rings. The Morgan fingerprint density at radius 1 is 0.900 bits per heavy atom.